The fourth-order valence-electron chi connectivity index (χ4n) is 2.83. The van der Waals surface area contributed by atoms with Crippen molar-refractivity contribution in [2.45, 2.75) is 44.6 Å². The molecule has 5 nitrogen and oxygen atoms in total. The molecule has 0 saturated heterocycles. The van der Waals surface area contributed by atoms with Gasteiger partial charge < -0.3 is 9.84 Å². The molecular formula is C15H19FN4O. The number of rotatable bonds is 5. The molecule has 1 aliphatic carbocycles. The molecule has 6 heteroatoms. The number of aromatic nitrogens is 3. The first kappa shape index (κ1) is 14.1. The summed E-state index contributed by atoms with van der Waals surface area (Å²) in [6.07, 6.45) is 5.62. The highest BCUT2D eigenvalue weighted by atomic mass is 19.1. The maximum atomic E-state index is 12.9. The molecule has 2 aromatic rings. The second-order valence-corrected chi connectivity index (χ2v) is 5.42. The quantitative estimate of drug-likeness (QED) is 0.917. The van der Waals surface area contributed by atoms with Crippen LogP contribution in [0.25, 0.3) is 11.5 Å². The second kappa shape index (κ2) is 6.30. The van der Waals surface area contributed by atoms with E-state index in [-0.39, 0.29) is 11.7 Å². The molecular weight excluding hydrogens is 271 g/mol. The Morgan fingerprint density at radius 1 is 1.38 bits per heavy atom. The first-order valence-corrected chi connectivity index (χ1v) is 7.47. The lowest BCUT2D eigenvalue weighted by atomic mass is 10.0. The highest BCUT2D eigenvalue weighted by Crippen LogP contribution is 2.34. The van der Waals surface area contributed by atoms with Crippen LogP contribution < -0.4 is 5.32 Å². The van der Waals surface area contributed by atoms with E-state index in [0.717, 1.165) is 32.0 Å². The number of nitrogens with zero attached hydrogens (tertiary/aromatic N) is 3. The van der Waals surface area contributed by atoms with Crippen molar-refractivity contribution < 1.29 is 8.91 Å². The van der Waals surface area contributed by atoms with Gasteiger partial charge >= 0.3 is 0 Å². The van der Waals surface area contributed by atoms with Crippen molar-refractivity contribution in [2.24, 2.45) is 0 Å². The standard InChI is InChI=1S/C15H19FN4O/c1-2-8-17-12-5-3-4-11(12)15-19-14(20-21-15)13-7-6-10(16)9-18-13/h6-7,9,11-12,17H,2-5,8H2,1H3. The van der Waals surface area contributed by atoms with Crippen molar-refractivity contribution in [3.63, 3.8) is 0 Å². The van der Waals surface area contributed by atoms with Crippen LogP contribution in [0.3, 0.4) is 0 Å². The SMILES string of the molecule is CCCNC1CCCC1c1nc(-c2ccc(F)cn2)no1. The van der Waals surface area contributed by atoms with Gasteiger partial charge in [0.05, 0.1) is 12.1 Å². The number of hydrogen-bond acceptors (Lipinski definition) is 5. The molecule has 0 radical (unpaired) electrons. The van der Waals surface area contributed by atoms with Crippen LogP contribution in [0.4, 0.5) is 4.39 Å². The largest absolute Gasteiger partial charge is 0.339 e. The molecule has 1 saturated carbocycles. The number of hydrogen-bond donors (Lipinski definition) is 1. The molecule has 2 unspecified atom stereocenters. The fourth-order valence-corrected chi connectivity index (χ4v) is 2.83. The summed E-state index contributed by atoms with van der Waals surface area (Å²) in [6, 6.07) is 3.31. The van der Waals surface area contributed by atoms with Gasteiger partial charge in [0.1, 0.15) is 11.5 Å². The van der Waals surface area contributed by atoms with E-state index in [9.17, 15) is 4.39 Å². The Morgan fingerprint density at radius 2 is 2.29 bits per heavy atom. The van der Waals surface area contributed by atoms with Gasteiger partial charge in [-0.3, -0.25) is 0 Å². The Bertz CT molecular complexity index is 584. The second-order valence-electron chi connectivity index (χ2n) is 5.42. The van der Waals surface area contributed by atoms with Gasteiger partial charge in [-0.2, -0.15) is 4.98 Å². The van der Waals surface area contributed by atoms with Crippen molar-refractivity contribution in [1.82, 2.24) is 20.4 Å². The summed E-state index contributed by atoms with van der Waals surface area (Å²) in [7, 11) is 0. The van der Waals surface area contributed by atoms with Crippen LogP contribution in [0.15, 0.2) is 22.9 Å². The van der Waals surface area contributed by atoms with Gasteiger partial charge in [0, 0.05) is 6.04 Å². The predicted octanol–water partition coefficient (Wildman–Crippen LogP) is 2.91. The highest BCUT2D eigenvalue weighted by Gasteiger charge is 2.32. The first-order valence-electron chi connectivity index (χ1n) is 7.47. The van der Waals surface area contributed by atoms with E-state index in [4.69, 9.17) is 4.52 Å². The van der Waals surface area contributed by atoms with Crippen LogP contribution in [0.1, 0.15) is 44.4 Å². The maximum Gasteiger partial charge on any atom is 0.231 e. The summed E-state index contributed by atoms with van der Waals surface area (Å²) in [5.41, 5.74) is 0.530. The van der Waals surface area contributed by atoms with Crippen molar-refractivity contribution in [3.8, 4) is 11.5 Å². The molecule has 2 aromatic heterocycles. The van der Waals surface area contributed by atoms with Crippen molar-refractivity contribution in [2.75, 3.05) is 6.54 Å². The van der Waals surface area contributed by atoms with E-state index in [2.05, 4.69) is 27.4 Å². The third kappa shape index (κ3) is 3.10. The van der Waals surface area contributed by atoms with Crippen molar-refractivity contribution in [1.29, 1.82) is 0 Å². The van der Waals surface area contributed by atoms with E-state index < -0.39 is 0 Å². The molecule has 112 valence electrons. The lowest BCUT2D eigenvalue weighted by molar-refractivity contribution is 0.330. The summed E-state index contributed by atoms with van der Waals surface area (Å²) in [5.74, 6) is 0.966. The van der Waals surface area contributed by atoms with Gasteiger partial charge in [-0.1, -0.05) is 18.5 Å². The lowest BCUT2D eigenvalue weighted by Gasteiger charge is -2.17. The van der Waals surface area contributed by atoms with E-state index in [1.54, 1.807) is 6.07 Å². The van der Waals surface area contributed by atoms with Gasteiger partial charge in [-0.15, -0.1) is 0 Å². The molecule has 0 aromatic carbocycles. The van der Waals surface area contributed by atoms with E-state index in [0.29, 0.717) is 23.5 Å². The first-order chi connectivity index (χ1) is 10.3. The minimum atomic E-state index is -0.373. The zero-order chi connectivity index (χ0) is 14.7. The predicted molar refractivity (Wildman–Crippen MR) is 76.2 cm³/mol. The van der Waals surface area contributed by atoms with E-state index in [1.807, 2.05) is 0 Å². The molecule has 1 N–H and O–H groups in total. The van der Waals surface area contributed by atoms with Crippen LogP contribution in [0.2, 0.25) is 0 Å². The molecule has 0 aliphatic heterocycles. The third-order valence-corrected chi connectivity index (χ3v) is 3.89. The number of nitrogens with one attached hydrogen (secondary N) is 1. The molecule has 1 aliphatic rings. The van der Waals surface area contributed by atoms with Crippen LogP contribution in [-0.4, -0.2) is 27.7 Å². The Labute approximate surface area is 123 Å². The van der Waals surface area contributed by atoms with E-state index in [1.165, 1.54) is 12.5 Å². The summed E-state index contributed by atoms with van der Waals surface area (Å²) >= 11 is 0. The average molecular weight is 290 g/mol. The molecule has 2 atom stereocenters. The summed E-state index contributed by atoms with van der Waals surface area (Å²) < 4.78 is 18.3. The Hall–Kier alpha value is -1.82. The lowest BCUT2D eigenvalue weighted by Crippen LogP contribution is -2.31. The van der Waals surface area contributed by atoms with Gasteiger partial charge in [0.25, 0.3) is 0 Å². The zero-order valence-electron chi connectivity index (χ0n) is 12.1. The molecule has 0 spiro atoms. The Morgan fingerprint density at radius 3 is 3.05 bits per heavy atom. The molecule has 21 heavy (non-hydrogen) atoms. The van der Waals surface area contributed by atoms with Gasteiger partial charge in [0.2, 0.25) is 11.7 Å². The van der Waals surface area contributed by atoms with Gasteiger partial charge in [0.15, 0.2) is 0 Å². The molecule has 2 heterocycles. The topological polar surface area (TPSA) is 63.8 Å². The van der Waals surface area contributed by atoms with E-state index >= 15 is 0 Å². The number of pyridine rings is 1. The smallest absolute Gasteiger partial charge is 0.231 e. The minimum Gasteiger partial charge on any atom is -0.339 e. The number of halogens is 1. The molecule has 3 rings (SSSR count). The van der Waals surface area contributed by atoms with Gasteiger partial charge in [-0.05, 0) is 37.9 Å². The zero-order valence-corrected chi connectivity index (χ0v) is 12.1. The monoisotopic (exact) mass is 290 g/mol. The Balaban J connectivity index is 1.76. The van der Waals surface area contributed by atoms with Crippen LogP contribution in [0.5, 0.6) is 0 Å². The molecule has 0 amide bonds. The van der Waals surface area contributed by atoms with Crippen LogP contribution in [0, 0.1) is 5.82 Å². The normalized spacial score (nSPS) is 21.8. The Kier molecular flexibility index (Phi) is 4.24. The average Bonchev–Trinajstić information content (AvgIpc) is 3.14. The van der Waals surface area contributed by atoms with Crippen molar-refractivity contribution in [3.05, 3.63) is 30.0 Å². The summed E-state index contributed by atoms with van der Waals surface area (Å²) in [6.45, 7) is 3.16. The summed E-state index contributed by atoms with van der Waals surface area (Å²) in [4.78, 5) is 8.43. The van der Waals surface area contributed by atoms with Crippen LogP contribution in [-0.2, 0) is 0 Å². The fraction of sp³-hybridized carbons (Fsp3) is 0.533. The molecule has 1 fully saturated rings. The van der Waals surface area contributed by atoms with Crippen molar-refractivity contribution >= 4 is 0 Å². The third-order valence-electron chi connectivity index (χ3n) is 3.89. The van der Waals surface area contributed by atoms with Gasteiger partial charge in [-0.25, -0.2) is 9.37 Å². The van der Waals surface area contributed by atoms with Crippen LogP contribution >= 0.6 is 0 Å². The molecule has 0 bridgehead atoms. The minimum absolute atomic E-state index is 0.262. The summed E-state index contributed by atoms with van der Waals surface area (Å²) in [5, 5.41) is 7.52. The highest BCUT2D eigenvalue weighted by molar-refractivity contribution is 5.47. The maximum absolute atomic E-state index is 12.9.